The first-order valence-electron chi connectivity index (χ1n) is 9.94. The zero-order chi connectivity index (χ0) is 19.5. The largest absolute Gasteiger partial charge is 0.294 e. The number of hydrogen-bond donors (Lipinski definition) is 0. The van der Waals surface area contributed by atoms with E-state index in [1.54, 1.807) is 0 Å². The second-order valence-electron chi connectivity index (χ2n) is 7.69. The summed E-state index contributed by atoms with van der Waals surface area (Å²) < 4.78 is 2.28. The van der Waals surface area contributed by atoms with Gasteiger partial charge < -0.3 is 0 Å². The van der Waals surface area contributed by atoms with Crippen LogP contribution in [0.1, 0.15) is 34.3 Å². The van der Waals surface area contributed by atoms with Crippen molar-refractivity contribution in [3.63, 3.8) is 0 Å². The van der Waals surface area contributed by atoms with Gasteiger partial charge in [0.2, 0.25) is 0 Å². The maximum Gasteiger partial charge on any atom is 0.186 e. The van der Waals surface area contributed by atoms with E-state index in [2.05, 4.69) is 67.1 Å². The van der Waals surface area contributed by atoms with Crippen molar-refractivity contribution in [2.75, 3.05) is 13.6 Å². The molecule has 1 aliphatic heterocycles. The van der Waals surface area contributed by atoms with Crippen LogP contribution in [0.25, 0.3) is 0 Å². The summed E-state index contributed by atoms with van der Waals surface area (Å²) in [4.78, 5) is 13.5. The summed E-state index contributed by atoms with van der Waals surface area (Å²) in [6, 6.07) is 30.8. The number of rotatable bonds is 4. The van der Waals surface area contributed by atoms with Crippen molar-refractivity contribution in [1.29, 1.82) is 0 Å². The Morgan fingerprint density at radius 3 is 1.96 bits per heavy atom. The molecular formula is C26H26NO+. The van der Waals surface area contributed by atoms with Gasteiger partial charge in [0.05, 0.1) is 5.92 Å². The lowest BCUT2D eigenvalue weighted by molar-refractivity contribution is -0.510. The molecule has 0 spiro atoms. The predicted octanol–water partition coefficient (Wildman–Crippen LogP) is 5.05. The molecule has 0 saturated carbocycles. The quantitative estimate of drug-likeness (QED) is 0.466. The molecule has 0 unspecified atom stereocenters. The van der Waals surface area contributed by atoms with E-state index < -0.39 is 0 Å². The fraction of sp³-hybridized carbons (Fsp3) is 0.231. The van der Waals surface area contributed by atoms with Crippen LogP contribution in [0.4, 0.5) is 0 Å². The molecule has 3 atom stereocenters. The Hall–Kier alpha value is -3.00. The fourth-order valence-electron chi connectivity index (χ4n) is 4.72. The highest BCUT2D eigenvalue weighted by molar-refractivity contribution is 6.03. The number of carbonyl (C=O) groups excluding carboxylic acids is 1. The van der Waals surface area contributed by atoms with Crippen molar-refractivity contribution in [3.05, 3.63) is 108 Å². The lowest BCUT2D eigenvalue weighted by Gasteiger charge is -2.34. The van der Waals surface area contributed by atoms with Crippen molar-refractivity contribution in [2.45, 2.75) is 12.8 Å². The Balaban J connectivity index is 1.81. The molecular weight excluding hydrogens is 342 g/mol. The first-order valence-corrected chi connectivity index (χ1v) is 9.94. The first-order chi connectivity index (χ1) is 13.7. The molecule has 0 radical (unpaired) electrons. The number of Topliss-reactive ketones (excluding diaryl/α,β-unsaturated/α-hetero) is 1. The van der Waals surface area contributed by atoms with Crippen LogP contribution in [0.5, 0.6) is 0 Å². The highest BCUT2D eigenvalue weighted by atomic mass is 16.1. The predicted molar refractivity (Wildman–Crippen MR) is 114 cm³/mol. The third-order valence-corrected chi connectivity index (χ3v) is 5.93. The molecule has 0 amide bonds. The molecule has 140 valence electrons. The second-order valence-corrected chi connectivity index (χ2v) is 7.69. The van der Waals surface area contributed by atoms with Gasteiger partial charge in [-0.2, -0.15) is 0 Å². The van der Waals surface area contributed by atoms with Crippen LogP contribution in [0.2, 0.25) is 0 Å². The van der Waals surface area contributed by atoms with E-state index in [-0.39, 0.29) is 23.5 Å². The van der Waals surface area contributed by atoms with Crippen LogP contribution in [-0.2, 0) is 0 Å². The SMILES string of the molecule is C[C@@H]1C(c2ccccc2)=[N+](C)C[C@@H](C(=O)c2ccccc2)[C@H]1c1ccccc1. The van der Waals surface area contributed by atoms with E-state index in [0.717, 1.165) is 12.1 Å². The number of hydrogen-bond acceptors (Lipinski definition) is 1. The van der Waals surface area contributed by atoms with Gasteiger partial charge >= 0.3 is 0 Å². The normalized spacial score (nSPS) is 22.1. The fourth-order valence-corrected chi connectivity index (χ4v) is 4.72. The summed E-state index contributed by atoms with van der Waals surface area (Å²) in [6.45, 7) is 2.99. The average Bonchev–Trinajstić information content (AvgIpc) is 2.75. The van der Waals surface area contributed by atoms with Crippen molar-refractivity contribution in [2.24, 2.45) is 11.8 Å². The summed E-state index contributed by atoms with van der Waals surface area (Å²) in [5, 5.41) is 0. The minimum absolute atomic E-state index is 0.0720. The van der Waals surface area contributed by atoms with E-state index in [1.165, 1.54) is 16.8 Å². The Morgan fingerprint density at radius 1 is 0.821 bits per heavy atom. The smallest absolute Gasteiger partial charge is 0.186 e. The van der Waals surface area contributed by atoms with E-state index in [4.69, 9.17) is 0 Å². The molecule has 0 fully saturated rings. The van der Waals surface area contributed by atoms with Crippen LogP contribution >= 0.6 is 0 Å². The third-order valence-electron chi connectivity index (χ3n) is 5.93. The maximum absolute atomic E-state index is 13.5. The van der Waals surface area contributed by atoms with Crippen molar-refractivity contribution in [3.8, 4) is 0 Å². The number of ketones is 1. The summed E-state index contributed by atoms with van der Waals surface area (Å²) in [5.74, 6) is 0.555. The minimum Gasteiger partial charge on any atom is -0.294 e. The Morgan fingerprint density at radius 2 is 1.36 bits per heavy atom. The third kappa shape index (κ3) is 3.43. The van der Waals surface area contributed by atoms with Crippen molar-refractivity contribution < 1.29 is 9.37 Å². The van der Waals surface area contributed by atoms with Crippen molar-refractivity contribution in [1.82, 2.24) is 0 Å². The lowest BCUT2D eigenvalue weighted by atomic mass is 9.69. The molecule has 28 heavy (non-hydrogen) atoms. The van der Waals surface area contributed by atoms with Gasteiger partial charge in [-0.3, -0.25) is 4.79 Å². The van der Waals surface area contributed by atoms with Gasteiger partial charge in [0.25, 0.3) is 0 Å². The molecule has 3 aromatic rings. The minimum atomic E-state index is -0.0720. The topological polar surface area (TPSA) is 20.1 Å². The van der Waals surface area contributed by atoms with Crippen LogP contribution in [0, 0.1) is 11.8 Å². The Labute approximate surface area is 167 Å². The molecule has 0 aromatic heterocycles. The Kier molecular flexibility index (Phi) is 5.21. The summed E-state index contributed by atoms with van der Waals surface area (Å²) in [7, 11) is 2.12. The number of benzene rings is 3. The molecule has 2 nitrogen and oxygen atoms in total. The zero-order valence-electron chi connectivity index (χ0n) is 16.5. The monoisotopic (exact) mass is 368 g/mol. The number of nitrogens with zero attached hydrogens (tertiary/aromatic N) is 1. The summed E-state index contributed by atoms with van der Waals surface area (Å²) in [6.07, 6.45) is 0. The first kappa shape index (κ1) is 18.4. The van der Waals surface area contributed by atoms with Gasteiger partial charge in [-0.25, -0.2) is 4.58 Å². The van der Waals surface area contributed by atoms with Crippen molar-refractivity contribution >= 4 is 11.5 Å². The average molecular weight is 368 g/mol. The standard InChI is InChI=1S/C26H26NO/c1-19-24(20-12-6-3-7-13-20)23(26(28)22-16-10-5-11-17-22)18-27(2)25(19)21-14-8-4-9-15-21/h3-17,19,23-24H,18H2,1-2H3/q+1/t19-,23+,24+/m0/s1. The zero-order valence-corrected chi connectivity index (χ0v) is 16.5. The molecule has 1 aliphatic rings. The Bertz CT molecular complexity index is 977. The molecule has 2 heteroatoms. The molecule has 3 aromatic carbocycles. The van der Waals surface area contributed by atoms with Crippen LogP contribution < -0.4 is 0 Å². The second kappa shape index (κ2) is 7.93. The molecule has 0 N–H and O–H groups in total. The van der Waals surface area contributed by atoms with Gasteiger partial charge in [0.1, 0.15) is 7.05 Å². The highest BCUT2D eigenvalue weighted by Gasteiger charge is 2.44. The highest BCUT2D eigenvalue weighted by Crippen LogP contribution is 2.39. The van der Waals surface area contributed by atoms with E-state index in [1.807, 2.05) is 42.5 Å². The van der Waals surface area contributed by atoms with Gasteiger partial charge in [-0.05, 0) is 17.7 Å². The molecule has 0 bridgehead atoms. The van der Waals surface area contributed by atoms with Gasteiger partial charge in [0.15, 0.2) is 18.0 Å². The number of carbonyl (C=O) groups is 1. The van der Waals surface area contributed by atoms with E-state index in [0.29, 0.717) is 0 Å². The van der Waals surface area contributed by atoms with Crippen LogP contribution in [0.3, 0.4) is 0 Å². The van der Waals surface area contributed by atoms with Crippen LogP contribution in [0.15, 0.2) is 91.0 Å². The molecule has 4 rings (SSSR count). The van der Waals surface area contributed by atoms with E-state index in [9.17, 15) is 4.79 Å². The van der Waals surface area contributed by atoms with Gasteiger partial charge in [-0.15, -0.1) is 0 Å². The summed E-state index contributed by atoms with van der Waals surface area (Å²) in [5.41, 5.74) is 4.60. The molecule has 0 saturated heterocycles. The summed E-state index contributed by atoms with van der Waals surface area (Å²) >= 11 is 0. The lowest BCUT2D eigenvalue weighted by Crippen LogP contribution is -2.44. The molecule has 0 aliphatic carbocycles. The van der Waals surface area contributed by atoms with Gasteiger partial charge in [-0.1, -0.05) is 85.8 Å². The van der Waals surface area contributed by atoms with Gasteiger partial charge in [0, 0.05) is 23.0 Å². The van der Waals surface area contributed by atoms with Crippen LogP contribution in [-0.4, -0.2) is 29.7 Å². The maximum atomic E-state index is 13.5. The van der Waals surface area contributed by atoms with E-state index >= 15 is 0 Å². The molecule has 1 heterocycles.